The fourth-order valence-corrected chi connectivity index (χ4v) is 5.27. The van der Waals surface area contributed by atoms with E-state index in [-0.39, 0.29) is 23.9 Å². The number of nitrogens with one attached hydrogen (secondary N) is 1. The first kappa shape index (κ1) is 20.5. The second-order valence-corrected chi connectivity index (χ2v) is 8.35. The molecule has 5 heteroatoms. The molecule has 150 valence electrons. The Labute approximate surface area is 170 Å². The van der Waals surface area contributed by atoms with E-state index < -0.39 is 0 Å². The lowest BCUT2D eigenvalue weighted by Crippen LogP contribution is -2.57. The van der Waals surface area contributed by atoms with Crippen molar-refractivity contribution in [2.45, 2.75) is 75.8 Å². The van der Waals surface area contributed by atoms with Crippen LogP contribution in [0.15, 0.2) is 30.3 Å². The van der Waals surface area contributed by atoms with Gasteiger partial charge in [0.25, 0.3) is 0 Å². The van der Waals surface area contributed by atoms with Gasteiger partial charge in [-0.3, -0.25) is 4.79 Å². The Balaban J connectivity index is 0.00000210. The summed E-state index contributed by atoms with van der Waals surface area (Å²) in [4.78, 5) is 17.8. The highest BCUT2D eigenvalue weighted by molar-refractivity contribution is 5.93. The summed E-state index contributed by atoms with van der Waals surface area (Å²) < 4.78 is 0. The Kier molecular flexibility index (Phi) is 7.04. The number of piperidine rings is 1. The minimum Gasteiger partial charge on any atom is -0.339 e. The van der Waals surface area contributed by atoms with Gasteiger partial charge in [0, 0.05) is 24.8 Å². The Morgan fingerprint density at radius 2 is 1.48 bits per heavy atom. The van der Waals surface area contributed by atoms with Crippen LogP contribution in [-0.4, -0.2) is 42.1 Å². The van der Waals surface area contributed by atoms with Crippen LogP contribution in [0.25, 0.3) is 0 Å². The number of likely N-dealkylation sites (tertiary alicyclic amines) is 1. The fourth-order valence-electron chi connectivity index (χ4n) is 5.27. The Hall–Kier alpha value is -1.26. The van der Waals surface area contributed by atoms with Gasteiger partial charge in [-0.1, -0.05) is 56.7 Å². The van der Waals surface area contributed by atoms with Crippen LogP contribution in [0.5, 0.6) is 0 Å². The number of halogens is 1. The molecule has 0 aromatic heterocycles. The van der Waals surface area contributed by atoms with E-state index in [1.807, 2.05) is 6.07 Å². The van der Waals surface area contributed by atoms with Crippen molar-refractivity contribution in [2.75, 3.05) is 24.7 Å². The Bertz CT molecular complexity index is 591. The van der Waals surface area contributed by atoms with Gasteiger partial charge in [-0.25, -0.2) is 0 Å². The van der Waals surface area contributed by atoms with E-state index in [1.54, 1.807) is 0 Å². The standard InChI is InChI=1S/C22H33N3O.ClH/c26-21-22(25(18-23-21)20-12-8-5-9-13-20)14-16-24(17-15-22)19-10-6-3-1-2-4-7-11-19;/h5,8-9,12-13,19H,1-4,6-7,10-11,14-18H2,(H,23,26);1H. The summed E-state index contributed by atoms with van der Waals surface area (Å²) in [5.41, 5.74) is 0.831. The number of carbonyl (C=O) groups is 1. The molecule has 0 unspecified atom stereocenters. The number of hydrogen-bond acceptors (Lipinski definition) is 3. The zero-order valence-corrected chi connectivity index (χ0v) is 17.2. The maximum Gasteiger partial charge on any atom is 0.247 e. The van der Waals surface area contributed by atoms with Crippen LogP contribution in [-0.2, 0) is 4.79 Å². The van der Waals surface area contributed by atoms with E-state index in [0.29, 0.717) is 6.67 Å². The average Bonchev–Trinajstić information content (AvgIpc) is 3.06. The topological polar surface area (TPSA) is 35.6 Å². The maximum atomic E-state index is 12.8. The molecule has 1 aromatic rings. The van der Waals surface area contributed by atoms with Gasteiger partial charge in [-0.2, -0.15) is 0 Å². The normalized spacial score (nSPS) is 24.6. The SMILES string of the molecule is Cl.O=C1NCN(c2ccccc2)C12CCN(C1CCCCCCCC1)CC2. The van der Waals surface area contributed by atoms with E-state index in [0.717, 1.165) is 32.0 Å². The quantitative estimate of drug-likeness (QED) is 0.814. The molecule has 1 amide bonds. The van der Waals surface area contributed by atoms with Crippen LogP contribution in [0.1, 0.15) is 64.2 Å². The number of nitrogens with zero attached hydrogens (tertiary/aromatic N) is 2. The predicted octanol–water partition coefficient (Wildman–Crippen LogP) is 4.34. The number of carbonyl (C=O) groups excluding carboxylic acids is 1. The van der Waals surface area contributed by atoms with Crippen LogP contribution >= 0.6 is 12.4 Å². The third kappa shape index (κ3) is 4.27. The van der Waals surface area contributed by atoms with Crippen molar-refractivity contribution >= 4 is 24.0 Å². The number of anilines is 1. The number of para-hydroxylation sites is 1. The molecule has 2 saturated heterocycles. The summed E-state index contributed by atoms with van der Waals surface area (Å²) in [6, 6.07) is 11.2. The van der Waals surface area contributed by atoms with Crippen molar-refractivity contribution in [3.63, 3.8) is 0 Å². The van der Waals surface area contributed by atoms with Gasteiger partial charge < -0.3 is 15.1 Å². The first-order valence-corrected chi connectivity index (χ1v) is 10.6. The van der Waals surface area contributed by atoms with Crippen molar-refractivity contribution in [1.29, 1.82) is 0 Å². The summed E-state index contributed by atoms with van der Waals surface area (Å²) >= 11 is 0. The molecule has 3 aliphatic rings. The van der Waals surface area contributed by atoms with Crippen LogP contribution in [0.3, 0.4) is 0 Å². The molecule has 1 aliphatic carbocycles. The molecule has 4 nitrogen and oxygen atoms in total. The lowest BCUT2D eigenvalue weighted by atomic mass is 9.84. The Morgan fingerprint density at radius 1 is 0.889 bits per heavy atom. The first-order chi connectivity index (χ1) is 12.8. The van der Waals surface area contributed by atoms with Gasteiger partial charge in [0.2, 0.25) is 5.91 Å². The summed E-state index contributed by atoms with van der Waals surface area (Å²) in [5.74, 6) is 0.232. The molecule has 0 atom stereocenters. The minimum atomic E-state index is -0.337. The van der Waals surface area contributed by atoms with Crippen LogP contribution < -0.4 is 10.2 Å². The summed E-state index contributed by atoms with van der Waals surface area (Å²) in [5, 5.41) is 3.12. The fraction of sp³-hybridized carbons (Fsp3) is 0.682. The molecule has 0 bridgehead atoms. The second kappa shape index (κ2) is 9.29. The number of hydrogen-bond donors (Lipinski definition) is 1. The number of amides is 1. The van der Waals surface area contributed by atoms with E-state index in [9.17, 15) is 4.79 Å². The molecular formula is C22H34ClN3O. The largest absolute Gasteiger partial charge is 0.339 e. The average molecular weight is 392 g/mol. The molecule has 4 rings (SSSR count). The van der Waals surface area contributed by atoms with Crippen LogP contribution in [0.4, 0.5) is 5.69 Å². The summed E-state index contributed by atoms with van der Waals surface area (Å²) in [7, 11) is 0. The highest BCUT2D eigenvalue weighted by Crippen LogP contribution is 2.37. The molecule has 3 fully saturated rings. The van der Waals surface area contributed by atoms with Gasteiger partial charge >= 0.3 is 0 Å². The smallest absolute Gasteiger partial charge is 0.247 e. The van der Waals surface area contributed by atoms with Crippen molar-refractivity contribution in [1.82, 2.24) is 10.2 Å². The third-order valence-corrected chi connectivity index (χ3v) is 6.87. The van der Waals surface area contributed by atoms with Gasteiger partial charge in [0.1, 0.15) is 5.54 Å². The zero-order valence-electron chi connectivity index (χ0n) is 16.4. The zero-order chi connectivity index (χ0) is 17.8. The van der Waals surface area contributed by atoms with E-state index in [2.05, 4.69) is 39.4 Å². The highest BCUT2D eigenvalue weighted by atomic mass is 35.5. The second-order valence-electron chi connectivity index (χ2n) is 8.35. The lowest BCUT2D eigenvalue weighted by Gasteiger charge is -2.45. The van der Waals surface area contributed by atoms with Crippen LogP contribution in [0.2, 0.25) is 0 Å². The van der Waals surface area contributed by atoms with Crippen LogP contribution in [0, 0.1) is 0 Å². The Morgan fingerprint density at radius 3 is 2.11 bits per heavy atom. The van der Waals surface area contributed by atoms with Crippen molar-refractivity contribution in [3.05, 3.63) is 30.3 Å². The number of benzene rings is 1. The molecule has 2 aliphatic heterocycles. The third-order valence-electron chi connectivity index (χ3n) is 6.87. The van der Waals surface area contributed by atoms with Gasteiger partial charge in [0.15, 0.2) is 0 Å². The summed E-state index contributed by atoms with van der Waals surface area (Å²) in [6.07, 6.45) is 13.0. The van der Waals surface area contributed by atoms with Crippen molar-refractivity contribution in [3.8, 4) is 0 Å². The van der Waals surface area contributed by atoms with Gasteiger partial charge in [0.05, 0.1) is 6.67 Å². The predicted molar refractivity (Wildman–Crippen MR) is 113 cm³/mol. The van der Waals surface area contributed by atoms with Crippen molar-refractivity contribution < 1.29 is 4.79 Å². The molecule has 1 spiro atoms. The molecule has 1 saturated carbocycles. The molecular weight excluding hydrogens is 358 g/mol. The molecule has 1 aromatic carbocycles. The first-order valence-electron chi connectivity index (χ1n) is 10.6. The van der Waals surface area contributed by atoms with Gasteiger partial charge in [-0.15, -0.1) is 12.4 Å². The maximum absolute atomic E-state index is 12.8. The summed E-state index contributed by atoms with van der Waals surface area (Å²) in [6.45, 7) is 2.76. The van der Waals surface area contributed by atoms with Gasteiger partial charge in [-0.05, 0) is 37.8 Å². The highest BCUT2D eigenvalue weighted by Gasteiger charge is 2.50. The van der Waals surface area contributed by atoms with Crippen molar-refractivity contribution in [2.24, 2.45) is 0 Å². The minimum absolute atomic E-state index is 0. The molecule has 27 heavy (non-hydrogen) atoms. The molecule has 1 N–H and O–H groups in total. The van der Waals surface area contributed by atoms with E-state index >= 15 is 0 Å². The number of rotatable bonds is 2. The molecule has 2 heterocycles. The van der Waals surface area contributed by atoms with E-state index in [4.69, 9.17) is 0 Å². The molecule has 0 radical (unpaired) electrons. The van der Waals surface area contributed by atoms with E-state index in [1.165, 1.54) is 57.1 Å². The lowest BCUT2D eigenvalue weighted by molar-refractivity contribution is -0.125. The monoisotopic (exact) mass is 391 g/mol.